The molecule has 1 unspecified atom stereocenters. The molecule has 0 bridgehead atoms. The standard InChI is InChI=1S/C21H24ClNO6/c1-12-7-15(8-13(2)21(12)22)29-11-19(24)23-16(10-20(25)26)14-5-6-17(27-3)18(9-14)28-4/h5-9,16H,10-11H2,1-4H3,(H,23,24)(H,25,26)/p-1. The predicted octanol–water partition coefficient (Wildman–Crippen LogP) is 2.35. The number of carbonyl (C=O) groups is 2. The van der Waals surface area contributed by atoms with Crippen molar-refractivity contribution in [3.05, 3.63) is 52.0 Å². The monoisotopic (exact) mass is 420 g/mol. The van der Waals surface area contributed by atoms with Gasteiger partial charge in [0.05, 0.1) is 20.3 Å². The smallest absolute Gasteiger partial charge is 0.258 e. The van der Waals surface area contributed by atoms with Crippen LogP contribution in [0.3, 0.4) is 0 Å². The maximum absolute atomic E-state index is 12.4. The topological polar surface area (TPSA) is 96.9 Å². The van der Waals surface area contributed by atoms with E-state index in [2.05, 4.69) is 5.32 Å². The molecule has 1 amide bonds. The highest BCUT2D eigenvalue weighted by atomic mass is 35.5. The van der Waals surface area contributed by atoms with Crippen LogP contribution in [0.1, 0.15) is 29.2 Å². The van der Waals surface area contributed by atoms with E-state index in [9.17, 15) is 14.7 Å². The summed E-state index contributed by atoms with van der Waals surface area (Å²) in [6, 6.07) is 7.55. The molecule has 2 aromatic carbocycles. The minimum absolute atomic E-state index is 0.280. The van der Waals surface area contributed by atoms with Gasteiger partial charge in [-0.2, -0.15) is 0 Å². The van der Waals surface area contributed by atoms with Crippen molar-refractivity contribution >= 4 is 23.5 Å². The van der Waals surface area contributed by atoms with E-state index in [1.54, 1.807) is 30.3 Å². The molecule has 8 heteroatoms. The number of carbonyl (C=O) groups excluding carboxylic acids is 2. The van der Waals surface area contributed by atoms with Gasteiger partial charge in [-0.15, -0.1) is 0 Å². The second-order valence-corrected chi connectivity index (χ2v) is 6.85. The van der Waals surface area contributed by atoms with Gasteiger partial charge in [0.1, 0.15) is 5.75 Å². The molecule has 0 spiro atoms. The van der Waals surface area contributed by atoms with Crippen LogP contribution in [0.4, 0.5) is 0 Å². The van der Waals surface area contributed by atoms with Crippen molar-refractivity contribution in [3.8, 4) is 17.2 Å². The summed E-state index contributed by atoms with van der Waals surface area (Å²) in [5, 5.41) is 14.5. The van der Waals surface area contributed by atoms with E-state index in [-0.39, 0.29) is 6.61 Å². The Hall–Kier alpha value is -2.93. The maximum Gasteiger partial charge on any atom is 0.258 e. The van der Waals surface area contributed by atoms with Gasteiger partial charge in [0.15, 0.2) is 18.1 Å². The largest absolute Gasteiger partial charge is 0.550 e. The molecule has 1 atom stereocenters. The molecule has 156 valence electrons. The number of aryl methyl sites for hydroxylation is 2. The highest BCUT2D eigenvalue weighted by molar-refractivity contribution is 6.32. The first-order valence-corrected chi connectivity index (χ1v) is 9.23. The number of amides is 1. The van der Waals surface area contributed by atoms with Crippen molar-refractivity contribution in [2.24, 2.45) is 0 Å². The Morgan fingerprint density at radius 1 is 1.07 bits per heavy atom. The predicted molar refractivity (Wildman–Crippen MR) is 106 cm³/mol. The second-order valence-electron chi connectivity index (χ2n) is 6.47. The number of carboxylic acids is 1. The number of hydrogen-bond donors (Lipinski definition) is 1. The molecule has 1 N–H and O–H groups in total. The van der Waals surface area contributed by atoms with Crippen LogP contribution in [-0.4, -0.2) is 32.7 Å². The average Bonchev–Trinajstić information content (AvgIpc) is 2.68. The number of carboxylic acid groups (broad SMARTS) is 1. The molecule has 29 heavy (non-hydrogen) atoms. The number of benzene rings is 2. The SMILES string of the molecule is COc1ccc(C(CC(=O)[O-])NC(=O)COc2cc(C)c(Cl)c(C)c2)cc1OC. The van der Waals surface area contributed by atoms with Gasteiger partial charge >= 0.3 is 0 Å². The van der Waals surface area contributed by atoms with Crippen LogP contribution in [0.5, 0.6) is 17.2 Å². The Labute approximate surface area is 174 Å². The van der Waals surface area contributed by atoms with Gasteiger partial charge in [-0.25, -0.2) is 0 Å². The molecule has 0 aliphatic rings. The first-order chi connectivity index (χ1) is 13.7. The maximum atomic E-state index is 12.4. The van der Waals surface area contributed by atoms with Gasteiger partial charge in [0.2, 0.25) is 0 Å². The zero-order valence-electron chi connectivity index (χ0n) is 16.7. The number of ether oxygens (including phenoxy) is 3. The molecule has 0 saturated carbocycles. The Bertz CT molecular complexity index is 876. The third-order valence-corrected chi connectivity index (χ3v) is 4.89. The molecule has 2 rings (SSSR count). The minimum Gasteiger partial charge on any atom is -0.550 e. The summed E-state index contributed by atoms with van der Waals surface area (Å²) in [6.07, 6.45) is -0.402. The lowest BCUT2D eigenvalue weighted by molar-refractivity contribution is -0.306. The fourth-order valence-corrected chi connectivity index (χ4v) is 2.97. The fourth-order valence-electron chi connectivity index (χ4n) is 2.86. The number of nitrogens with one attached hydrogen (secondary N) is 1. The summed E-state index contributed by atoms with van der Waals surface area (Å²) >= 11 is 6.13. The fraction of sp³-hybridized carbons (Fsp3) is 0.333. The molecular weight excluding hydrogens is 398 g/mol. The van der Waals surface area contributed by atoms with E-state index >= 15 is 0 Å². The van der Waals surface area contributed by atoms with Crippen molar-refractivity contribution in [2.75, 3.05) is 20.8 Å². The van der Waals surface area contributed by atoms with E-state index in [4.69, 9.17) is 25.8 Å². The van der Waals surface area contributed by atoms with Gasteiger partial charge < -0.3 is 29.4 Å². The number of rotatable bonds is 9. The third-order valence-electron chi connectivity index (χ3n) is 4.30. The van der Waals surface area contributed by atoms with Gasteiger partial charge in [-0.05, 0) is 54.8 Å². The van der Waals surface area contributed by atoms with Crippen molar-refractivity contribution < 1.29 is 28.9 Å². The van der Waals surface area contributed by atoms with Crippen LogP contribution in [0.2, 0.25) is 5.02 Å². The molecule has 0 fully saturated rings. The normalized spacial score (nSPS) is 11.5. The van der Waals surface area contributed by atoms with Crippen LogP contribution in [0.15, 0.2) is 30.3 Å². The van der Waals surface area contributed by atoms with Crippen molar-refractivity contribution in [3.63, 3.8) is 0 Å². The molecule has 0 aliphatic heterocycles. The van der Waals surface area contributed by atoms with Crippen LogP contribution in [-0.2, 0) is 9.59 Å². The summed E-state index contributed by atoms with van der Waals surface area (Å²) in [5.41, 5.74) is 2.21. The minimum atomic E-state index is -1.30. The summed E-state index contributed by atoms with van der Waals surface area (Å²) in [6.45, 7) is 3.40. The average molecular weight is 421 g/mol. The van der Waals surface area contributed by atoms with E-state index < -0.39 is 24.3 Å². The molecule has 0 radical (unpaired) electrons. The molecule has 7 nitrogen and oxygen atoms in total. The van der Waals surface area contributed by atoms with Gasteiger partial charge in [0, 0.05) is 17.4 Å². The molecule has 2 aromatic rings. The number of halogens is 1. The second kappa shape index (κ2) is 10.0. The Kier molecular flexibility index (Phi) is 7.73. The number of methoxy groups -OCH3 is 2. The quantitative estimate of drug-likeness (QED) is 0.668. The lowest BCUT2D eigenvalue weighted by atomic mass is 10.0. The van der Waals surface area contributed by atoms with E-state index in [0.717, 1.165) is 11.1 Å². The first-order valence-electron chi connectivity index (χ1n) is 8.85. The van der Waals surface area contributed by atoms with Gasteiger partial charge in [-0.3, -0.25) is 4.79 Å². The van der Waals surface area contributed by atoms with E-state index in [1.165, 1.54) is 14.2 Å². The van der Waals surface area contributed by atoms with Crippen LogP contribution in [0, 0.1) is 13.8 Å². The Morgan fingerprint density at radius 2 is 1.69 bits per heavy atom. The van der Waals surface area contributed by atoms with Crippen LogP contribution >= 0.6 is 11.6 Å². The Balaban J connectivity index is 2.11. The zero-order valence-corrected chi connectivity index (χ0v) is 17.5. The van der Waals surface area contributed by atoms with Crippen LogP contribution < -0.4 is 24.6 Å². The van der Waals surface area contributed by atoms with E-state index in [1.807, 2.05) is 13.8 Å². The molecule has 0 heterocycles. The molecule has 0 aromatic heterocycles. The van der Waals surface area contributed by atoms with E-state index in [0.29, 0.717) is 27.8 Å². The summed E-state index contributed by atoms with van der Waals surface area (Å²) in [5.74, 6) is -0.356. The van der Waals surface area contributed by atoms with Crippen molar-refractivity contribution in [1.29, 1.82) is 0 Å². The zero-order chi connectivity index (χ0) is 21.6. The Morgan fingerprint density at radius 3 is 2.24 bits per heavy atom. The van der Waals surface area contributed by atoms with Crippen LogP contribution in [0.25, 0.3) is 0 Å². The van der Waals surface area contributed by atoms with Crippen molar-refractivity contribution in [2.45, 2.75) is 26.3 Å². The number of hydrogen-bond acceptors (Lipinski definition) is 6. The summed E-state index contributed by atoms with van der Waals surface area (Å²) < 4.78 is 15.9. The summed E-state index contributed by atoms with van der Waals surface area (Å²) in [4.78, 5) is 23.5. The van der Waals surface area contributed by atoms with Crippen molar-refractivity contribution in [1.82, 2.24) is 5.32 Å². The lowest BCUT2D eigenvalue weighted by Crippen LogP contribution is -2.36. The van der Waals surface area contributed by atoms with Gasteiger partial charge in [-0.1, -0.05) is 17.7 Å². The molecular formula is C21H23ClNO6-. The third kappa shape index (κ3) is 6.02. The summed E-state index contributed by atoms with van der Waals surface area (Å²) in [7, 11) is 2.97. The lowest BCUT2D eigenvalue weighted by Gasteiger charge is -2.21. The molecule has 0 saturated heterocycles. The highest BCUT2D eigenvalue weighted by Crippen LogP contribution is 2.31. The highest BCUT2D eigenvalue weighted by Gasteiger charge is 2.18. The van der Waals surface area contributed by atoms with Gasteiger partial charge in [0.25, 0.3) is 5.91 Å². The molecule has 0 aliphatic carbocycles. The first kappa shape index (κ1) is 22.4. The number of aliphatic carboxylic acids is 1.